The Bertz CT molecular complexity index is 1280. The molecule has 172 valence electrons. The van der Waals surface area contributed by atoms with Gasteiger partial charge < -0.3 is 14.6 Å². The van der Waals surface area contributed by atoms with E-state index >= 15 is 0 Å². The molecule has 4 heteroatoms. The molecule has 2 atom stereocenters. The molecule has 0 saturated carbocycles. The highest BCUT2D eigenvalue weighted by atomic mass is 16.7. The lowest BCUT2D eigenvalue weighted by Gasteiger charge is -2.38. The van der Waals surface area contributed by atoms with Crippen molar-refractivity contribution in [3.05, 3.63) is 113 Å². The predicted octanol–water partition coefficient (Wildman–Crippen LogP) is 7.01. The van der Waals surface area contributed by atoms with Crippen LogP contribution >= 0.6 is 0 Å². The number of hydrogen-bond acceptors (Lipinski definition) is 4. The highest BCUT2D eigenvalue weighted by molar-refractivity contribution is 5.84. The maximum atomic E-state index is 12.2. The molecular formula is C30H28O4. The van der Waals surface area contributed by atoms with E-state index in [1.807, 2.05) is 36.4 Å². The average molecular weight is 453 g/mol. The van der Waals surface area contributed by atoms with Crippen molar-refractivity contribution >= 4 is 11.7 Å². The van der Waals surface area contributed by atoms with E-state index < -0.39 is 17.2 Å². The zero-order valence-corrected chi connectivity index (χ0v) is 19.6. The Morgan fingerprint density at radius 1 is 0.941 bits per heavy atom. The Morgan fingerprint density at radius 2 is 1.59 bits per heavy atom. The van der Waals surface area contributed by atoms with Crippen molar-refractivity contribution < 1.29 is 19.4 Å². The Kier molecular flexibility index (Phi) is 5.32. The van der Waals surface area contributed by atoms with E-state index in [0.29, 0.717) is 5.75 Å². The maximum Gasteiger partial charge on any atom is 0.514 e. The molecule has 1 N–H and O–H groups in total. The van der Waals surface area contributed by atoms with Gasteiger partial charge in [-0.15, -0.1) is 0 Å². The zero-order valence-electron chi connectivity index (χ0n) is 19.6. The van der Waals surface area contributed by atoms with Gasteiger partial charge in [0.1, 0.15) is 17.1 Å². The van der Waals surface area contributed by atoms with Crippen molar-refractivity contribution in [2.75, 3.05) is 0 Å². The molecule has 0 aliphatic heterocycles. The Balaban J connectivity index is 1.63. The van der Waals surface area contributed by atoms with Crippen LogP contribution in [0.25, 0.3) is 5.57 Å². The van der Waals surface area contributed by atoms with E-state index in [0.717, 1.165) is 17.5 Å². The minimum atomic E-state index is -0.720. The SMILES string of the molecule is CC(C)(C)OC(=O)Oc1ccc(C2(c3ccc(O)cc3)c3ccccc3C3=CC=CCC32)cc1. The van der Waals surface area contributed by atoms with Crippen LogP contribution in [0.1, 0.15) is 49.4 Å². The predicted molar refractivity (Wildman–Crippen MR) is 133 cm³/mol. The van der Waals surface area contributed by atoms with Gasteiger partial charge in [0, 0.05) is 5.92 Å². The number of ether oxygens (including phenoxy) is 2. The summed E-state index contributed by atoms with van der Waals surface area (Å²) in [5.41, 5.74) is 4.96. The molecule has 0 spiro atoms. The van der Waals surface area contributed by atoms with E-state index in [4.69, 9.17) is 9.47 Å². The molecule has 2 aliphatic rings. The van der Waals surface area contributed by atoms with Gasteiger partial charge in [-0.05, 0) is 79.3 Å². The van der Waals surface area contributed by atoms with Gasteiger partial charge >= 0.3 is 6.16 Å². The summed E-state index contributed by atoms with van der Waals surface area (Å²) in [6.07, 6.45) is 6.75. The van der Waals surface area contributed by atoms with E-state index in [9.17, 15) is 9.90 Å². The van der Waals surface area contributed by atoms with Crippen molar-refractivity contribution in [3.8, 4) is 11.5 Å². The Morgan fingerprint density at radius 3 is 2.26 bits per heavy atom. The first kappa shape index (κ1) is 22.0. The fourth-order valence-corrected chi connectivity index (χ4v) is 5.34. The van der Waals surface area contributed by atoms with Gasteiger partial charge in [0.25, 0.3) is 0 Å². The Labute approximate surface area is 200 Å². The lowest BCUT2D eigenvalue weighted by Crippen LogP contribution is -2.34. The molecular weight excluding hydrogens is 424 g/mol. The number of fused-ring (bicyclic) bond motifs is 3. The second kappa shape index (κ2) is 8.21. The first-order valence-corrected chi connectivity index (χ1v) is 11.6. The molecule has 0 saturated heterocycles. The van der Waals surface area contributed by atoms with Crippen molar-refractivity contribution in [3.63, 3.8) is 0 Å². The minimum Gasteiger partial charge on any atom is -0.508 e. The average Bonchev–Trinajstić information content (AvgIpc) is 3.10. The fraction of sp³-hybridized carbons (Fsp3) is 0.233. The molecule has 0 heterocycles. The van der Waals surface area contributed by atoms with Crippen LogP contribution in [-0.2, 0) is 10.2 Å². The van der Waals surface area contributed by atoms with Gasteiger partial charge in [0.05, 0.1) is 5.41 Å². The summed E-state index contributed by atoms with van der Waals surface area (Å²) < 4.78 is 10.7. The highest BCUT2D eigenvalue weighted by Gasteiger charge is 2.51. The molecule has 0 bridgehead atoms. The summed E-state index contributed by atoms with van der Waals surface area (Å²) in [6, 6.07) is 23.8. The molecule has 34 heavy (non-hydrogen) atoms. The standard InChI is InChI=1S/C30H28O4/c1-29(2,3)34-28(32)33-23-18-14-21(15-19-23)30(20-12-16-22(31)17-13-20)26-10-6-4-8-24(26)25-9-5-7-11-27(25)30/h4-10,12-19,27,31H,11H2,1-3H3. The van der Waals surface area contributed by atoms with Crippen molar-refractivity contribution in [1.82, 2.24) is 0 Å². The molecule has 0 fully saturated rings. The summed E-state index contributed by atoms with van der Waals surface area (Å²) in [6.45, 7) is 5.42. The molecule has 0 amide bonds. The van der Waals surface area contributed by atoms with Crippen LogP contribution in [0.2, 0.25) is 0 Å². The smallest absolute Gasteiger partial charge is 0.508 e. The van der Waals surface area contributed by atoms with E-state index in [-0.39, 0.29) is 11.7 Å². The molecule has 3 aromatic rings. The number of aromatic hydroxyl groups is 1. The highest BCUT2D eigenvalue weighted by Crippen LogP contribution is 2.59. The van der Waals surface area contributed by atoms with E-state index in [1.165, 1.54) is 16.7 Å². The van der Waals surface area contributed by atoms with Crippen LogP contribution in [0.4, 0.5) is 4.79 Å². The molecule has 2 aliphatic carbocycles. The number of carbonyl (C=O) groups excluding carboxylic acids is 1. The third kappa shape index (κ3) is 3.69. The molecule has 5 rings (SSSR count). The van der Waals surface area contributed by atoms with E-state index in [2.05, 4.69) is 42.5 Å². The summed E-state index contributed by atoms with van der Waals surface area (Å²) >= 11 is 0. The molecule has 3 aromatic carbocycles. The second-order valence-electron chi connectivity index (χ2n) is 9.83. The number of rotatable bonds is 3. The van der Waals surface area contributed by atoms with Gasteiger partial charge in [-0.25, -0.2) is 4.79 Å². The van der Waals surface area contributed by atoms with Gasteiger partial charge in [0.15, 0.2) is 0 Å². The number of allylic oxidation sites excluding steroid dienone is 4. The number of phenolic OH excluding ortho intramolecular Hbond substituents is 1. The fourth-order valence-electron chi connectivity index (χ4n) is 5.34. The third-order valence-corrected chi connectivity index (χ3v) is 6.57. The van der Waals surface area contributed by atoms with Crippen LogP contribution in [-0.4, -0.2) is 16.9 Å². The second-order valence-corrected chi connectivity index (χ2v) is 9.83. The van der Waals surface area contributed by atoms with Gasteiger partial charge in [-0.1, -0.05) is 66.8 Å². The normalized spacial score (nSPS) is 20.8. The molecule has 4 nitrogen and oxygen atoms in total. The summed E-state index contributed by atoms with van der Waals surface area (Å²) in [7, 11) is 0. The zero-order chi connectivity index (χ0) is 23.9. The topological polar surface area (TPSA) is 55.8 Å². The summed E-state index contributed by atoms with van der Waals surface area (Å²) in [4.78, 5) is 12.2. The van der Waals surface area contributed by atoms with Crippen LogP contribution in [0.15, 0.2) is 91.0 Å². The van der Waals surface area contributed by atoms with Crippen LogP contribution in [0, 0.1) is 5.92 Å². The van der Waals surface area contributed by atoms with E-state index in [1.54, 1.807) is 32.9 Å². The number of carbonyl (C=O) groups is 1. The first-order valence-electron chi connectivity index (χ1n) is 11.6. The summed E-state index contributed by atoms with van der Waals surface area (Å²) in [5, 5.41) is 10.00. The van der Waals surface area contributed by atoms with Crippen LogP contribution in [0.5, 0.6) is 11.5 Å². The monoisotopic (exact) mass is 452 g/mol. The third-order valence-electron chi connectivity index (χ3n) is 6.57. The van der Waals surface area contributed by atoms with Gasteiger partial charge in [0.2, 0.25) is 0 Å². The quantitative estimate of drug-likeness (QED) is 0.343. The molecule has 0 radical (unpaired) electrons. The Hall–Kier alpha value is -3.79. The first-order chi connectivity index (χ1) is 16.3. The number of phenols is 1. The maximum absolute atomic E-state index is 12.2. The van der Waals surface area contributed by atoms with Gasteiger partial charge in [-0.3, -0.25) is 0 Å². The molecule has 2 unspecified atom stereocenters. The number of hydrogen-bond donors (Lipinski definition) is 1. The van der Waals surface area contributed by atoms with Crippen LogP contribution < -0.4 is 4.74 Å². The number of benzene rings is 3. The van der Waals surface area contributed by atoms with Crippen molar-refractivity contribution in [1.29, 1.82) is 0 Å². The van der Waals surface area contributed by atoms with Crippen molar-refractivity contribution in [2.45, 2.75) is 38.2 Å². The largest absolute Gasteiger partial charge is 0.514 e. The van der Waals surface area contributed by atoms with Crippen molar-refractivity contribution in [2.24, 2.45) is 5.92 Å². The molecule has 0 aromatic heterocycles. The minimum absolute atomic E-state index is 0.206. The lowest BCUT2D eigenvalue weighted by molar-refractivity contribution is 0.0206. The van der Waals surface area contributed by atoms with Gasteiger partial charge in [-0.2, -0.15) is 0 Å². The van der Waals surface area contributed by atoms with Crippen LogP contribution in [0.3, 0.4) is 0 Å². The summed E-state index contributed by atoms with van der Waals surface area (Å²) in [5.74, 6) is 0.882. The lowest BCUT2D eigenvalue weighted by atomic mass is 9.63.